The van der Waals surface area contributed by atoms with Gasteiger partial charge in [-0.25, -0.2) is 0 Å². The summed E-state index contributed by atoms with van der Waals surface area (Å²) < 4.78 is 6.56. The lowest BCUT2D eigenvalue weighted by molar-refractivity contribution is -0.116. The van der Waals surface area contributed by atoms with Crippen molar-refractivity contribution in [2.75, 3.05) is 23.9 Å². The maximum Gasteiger partial charge on any atom is 0.255 e. The highest BCUT2D eigenvalue weighted by Gasteiger charge is 2.11. The molecule has 154 valence electrons. The van der Waals surface area contributed by atoms with Crippen molar-refractivity contribution in [1.29, 1.82) is 0 Å². The molecule has 0 aliphatic heterocycles. The Morgan fingerprint density at radius 2 is 1.70 bits per heavy atom. The number of carbonyl (C=O) groups excluding carboxylic acids is 2. The highest BCUT2D eigenvalue weighted by Crippen LogP contribution is 2.27. The molecular formula is C24H23BrN2O3. The normalized spacial score (nSPS) is 10.4. The Morgan fingerprint density at radius 1 is 1.00 bits per heavy atom. The molecule has 0 heterocycles. The number of amides is 2. The summed E-state index contributed by atoms with van der Waals surface area (Å²) in [5, 5.41) is 2.86. The Bertz CT molecular complexity index is 1020. The first-order chi connectivity index (χ1) is 14.4. The van der Waals surface area contributed by atoms with E-state index < -0.39 is 0 Å². The predicted molar refractivity (Wildman–Crippen MR) is 123 cm³/mol. The van der Waals surface area contributed by atoms with Gasteiger partial charge in [-0.1, -0.05) is 30.3 Å². The maximum absolute atomic E-state index is 12.6. The zero-order chi connectivity index (χ0) is 21.5. The number of halogens is 1. The molecule has 3 rings (SSSR count). The van der Waals surface area contributed by atoms with Gasteiger partial charge >= 0.3 is 0 Å². The molecule has 6 heteroatoms. The Balaban J connectivity index is 1.58. The van der Waals surface area contributed by atoms with E-state index in [-0.39, 0.29) is 11.8 Å². The van der Waals surface area contributed by atoms with Crippen molar-refractivity contribution in [3.05, 3.63) is 88.4 Å². The molecule has 0 saturated carbocycles. The Morgan fingerprint density at radius 3 is 2.33 bits per heavy atom. The standard InChI is InChI=1S/C24H23BrN2O3/c1-17(28)27(2)21-11-9-20(10-12-21)26-24(29)19-8-13-23(22(25)16-19)30-15-14-18-6-4-3-5-7-18/h3-13,16H,14-15H2,1-2H3,(H,26,29). The third-order valence-corrected chi connectivity index (χ3v) is 5.29. The van der Waals surface area contributed by atoms with Gasteiger partial charge in [0.2, 0.25) is 5.91 Å². The molecule has 30 heavy (non-hydrogen) atoms. The Hall–Kier alpha value is -3.12. The maximum atomic E-state index is 12.6. The van der Waals surface area contributed by atoms with E-state index in [4.69, 9.17) is 4.74 Å². The van der Waals surface area contributed by atoms with Gasteiger partial charge in [-0.3, -0.25) is 9.59 Å². The van der Waals surface area contributed by atoms with E-state index in [9.17, 15) is 9.59 Å². The van der Waals surface area contributed by atoms with Crippen LogP contribution in [0.4, 0.5) is 11.4 Å². The predicted octanol–water partition coefficient (Wildman–Crippen LogP) is 5.31. The molecule has 0 aliphatic rings. The number of benzene rings is 3. The fourth-order valence-electron chi connectivity index (χ4n) is 2.84. The van der Waals surface area contributed by atoms with Crippen LogP contribution in [-0.4, -0.2) is 25.5 Å². The summed E-state index contributed by atoms with van der Waals surface area (Å²) in [6, 6.07) is 22.5. The summed E-state index contributed by atoms with van der Waals surface area (Å²) in [5.41, 5.74) is 3.15. The van der Waals surface area contributed by atoms with Crippen LogP contribution in [0.2, 0.25) is 0 Å². The van der Waals surface area contributed by atoms with E-state index in [1.807, 2.05) is 18.2 Å². The first kappa shape index (κ1) is 21.6. The van der Waals surface area contributed by atoms with Crippen molar-refractivity contribution in [2.45, 2.75) is 13.3 Å². The van der Waals surface area contributed by atoms with Gasteiger partial charge in [0, 0.05) is 37.3 Å². The van der Waals surface area contributed by atoms with Crippen molar-refractivity contribution in [3.63, 3.8) is 0 Å². The molecule has 0 spiro atoms. The van der Waals surface area contributed by atoms with Gasteiger partial charge in [0.05, 0.1) is 11.1 Å². The van der Waals surface area contributed by atoms with Crippen LogP contribution in [0.1, 0.15) is 22.8 Å². The van der Waals surface area contributed by atoms with Gasteiger partial charge in [-0.15, -0.1) is 0 Å². The topological polar surface area (TPSA) is 58.6 Å². The number of ether oxygens (including phenoxy) is 1. The molecule has 0 bridgehead atoms. The van der Waals surface area contributed by atoms with Crippen molar-refractivity contribution in [2.24, 2.45) is 0 Å². The summed E-state index contributed by atoms with van der Waals surface area (Å²) in [4.78, 5) is 25.5. The van der Waals surface area contributed by atoms with Crippen LogP contribution in [0, 0.1) is 0 Å². The monoisotopic (exact) mass is 466 g/mol. The number of nitrogens with zero attached hydrogens (tertiary/aromatic N) is 1. The lowest BCUT2D eigenvalue weighted by Gasteiger charge is -2.15. The van der Waals surface area contributed by atoms with Crippen LogP contribution in [0.5, 0.6) is 5.75 Å². The summed E-state index contributed by atoms with van der Waals surface area (Å²) in [6.07, 6.45) is 0.810. The largest absolute Gasteiger partial charge is 0.492 e. The number of nitrogens with one attached hydrogen (secondary N) is 1. The van der Waals surface area contributed by atoms with Gasteiger partial charge in [0.25, 0.3) is 5.91 Å². The van der Waals surface area contributed by atoms with Crippen LogP contribution in [0.15, 0.2) is 77.3 Å². The smallest absolute Gasteiger partial charge is 0.255 e. The SMILES string of the molecule is CC(=O)N(C)c1ccc(NC(=O)c2ccc(OCCc3ccccc3)c(Br)c2)cc1. The first-order valence-corrected chi connectivity index (χ1v) is 10.4. The summed E-state index contributed by atoms with van der Waals surface area (Å²) in [6.45, 7) is 2.05. The quantitative estimate of drug-likeness (QED) is 0.513. The molecule has 3 aromatic carbocycles. The molecule has 0 atom stereocenters. The minimum Gasteiger partial charge on any atom is -0.492 e. The van der Waals surface area contributed by atoms with E-state index in [0.717, 1.165) is 16.6 Å². The summed E-state index contributed by atoms with van der Waals surface area (Å²) in [7, 11) is 1.71. The van der Waals surface area contributed by atoms with Crippen LogP contribution in [0.3, 0.4) is 0 Å². The zero-order valence-electron chi connectivity index (χ0n) is 16.9. The summed E-state index contributed by atoms with van der Waals surface area (Å²) >= 11 is 3.48. The first-order valence-electron chi connectivity index (χ1n) is 9.56. The Labute approximate surface area is 184 Å². The molecule has 0 aliphatic carbocycles. The number of anilines is 2. The molecule has 0 aromatic heterocycles. The van der Waals surface area contributed by atoms with E-state index in [1.54, 1.807) is 54.4 Å². The molecule has 0 saturated heterocycles. The average Bonchev–Trinajstić information content (AvgIpc) is 2.75. The fourth-order valence-corrected chi connectivity index (χ4v) is 3.33. The molecule has 0 fully saturated rings. The second-order valence-corrected chi connectivity index (χ2v) is 7.66. The van der Waals surface area contributed by atoms with Crippen molar-refractivity contribution in [1.82, 2.24) is 0 Å². The van der Waals surface area contributed by atoms with Crippen LogP contribution in [-0.2, 0) is 11.2 Å². The van der Waals surface area contributed by atoms with E-state index >= 15 is 0 Å². The third kappa shape index (κ3) is 5.70. The van der Waals surface area contributed by atoms with Crippen LogP contribution in [0.25, 0.3) is 0 Å². The molecule has 3 aromatic rings. The number of hydrogen-bond acceptors (Lipinski definition) is 3. The molecule has 1 N–H and O–H groups in total. The minimum atomic E-state index is -0.223. The molecular weight excluding hydrogens is 444 g/mol. The van der Waals surface area contributed by atoms with Gasteiger partial charge < -0.3 is 15.0 Å². The number of hydrogen-bond donors (Lipinski definition) is 1. The lowest BCUT2D eigenvalue weighted by Crippen LogP contribution is -2.22. The van der Waals surface area contributed by atoms with E-state index in [2.05, 4.69) is 33.4 Å². The Kier molecular flexibility index (Phi) is 7.25. The van der Waals surface area contributed by atoms with Crippen LogP contribution >= 0.6 is 15.9 Å². The second kappa shape index (κ2) is 10.1. The minimum absolute atomic E-state index is 0.0530. The van der Waals surface area contributed by atoms with Crippen molar-refractivity contribution in [3.8, 4) is 5.75 Å². The van der Waals surface area contributed by atoms with Gasteiger partial charge in [0.1, 0.15) is 5.75 Å². The van der Waals surface area contributed by atoms with E-state index in [0.29, 0.717) is 23.6 Å². The van der Waals surface area contributed by atoms with Crippen LogP contribution < -0.4 is 15.0 Å². The number of carbonyl (C=O) groups is 2. The molecule has 0 unspecified atom stereocenters. The molecule has 5 nitrogen and oxygen atoms in total. The number of rotatable bonds is 7. The summed E-state index contributed by atoms with van der Waals surface area (Å²) in [5.74, 6) is 0.418. The van der Waals surface area contributed by atoms with Crippen molar-refractivity contribution >= 4 is 39.1 Å². The van der Waals surface area contributed by atoms with E-state index in [1.165, 1.54) is 12.5 Å². The van der Waals surface area contributed by atoms with Crippen molar-refractivity contribution < 1.29 is 14.3 Å². The lowest BCUT2D eigenvalue weighted by atomic mass is 10.1. The zero-order valence-corrected chi connectivity index (χ0v) is 18.5. The average molecular weight is 467 g/mol. The highest BCUT2D eigenvalue weighted by atomic mass is 79.9. The van der Waals surface area contributed by atoms with Gasteiger partial charge in [-0.2, -0.15) is 0 Å². The second-order valence-electron chi connectivity index (χ2n) is 6.81. The van der Waals surface area contributed by atoms with Gasteiger partial charge in [0.15, 0.2) is 0 Å². The van der Waals surface area contributed by atoms with Gasteiger partial charge in [-0.05, 0) is 64.0 Å². The molecule has 2 amide bonds. The fraction of sp³-hybridized carbons (Fsp3) is 0.167. The third-order valence-electron chi connectivity index (χ3n) is 4.67. The highest BCUT2D eigenvalue weighted by molar-refractivity contribution is 9.10. The molecule has 0 radical (unpaired) electrons.